The molecule has 0 fully saturated rings. The Hall–Kier alpha value is -2.89. The molecule has 0 saturated carbocycles. The van der Waals surface area contributed by atoms with E-state index in [0.717, 1.165) is 0 Å². The van der Waals surface area contributed by atoms with Crippen LogP contribution < -0.4 is 10.6 Å². The lowest BCUT2D eigenvalue weighted by Gasteiger charge is -2.22. The molecule has 4 N–H and O–H groups in total. The molecule has 0 atom stereocenters. The summed E-state index contributed by atoms with van der Waals surface area (Å²) in [5, 5.41) is 35.5. The molecule has 0 amide bonds. The van der Waals surface area contributed by atoms with Crippen LogP contribution >= 0.6 is 23.2 Å². The van der Waals surface area contributed by atoms with E-state index in [0.29, 0.717) is 39.0 Å². The zero-order valence-corrected chi connectivity index (χ0v) is 17.5. The Kier molecular flexibility index (Phi) is 6.75. The summed E-state index contributed by atoms with van der Waals surface area (Å²) in [6, 6.07) is 15.7. The second kappa shape index (κ2) is 9.28. The lowest BCUT2D eigenvalue weighted by Crippen LogP contribution is -2.37. The van der Waals surface area contributed by atoms with E-state index in [1.54, 1.807) is 55.5 Å². The van der Waals surface area contributed by atoms with Crippen molar-refractivity contribution >= 4 is 40.7 Å². The number of nitrogens with zero attached hydrogens (tertiary/aromatic N) is 3. The standard InChI is InChI=1S/C21H19Cl2N5O2/c1-2-21(29,30)28-19-11-15(10-16-17(22)4-3-5-18(16)23)26-20(27-19)25-14-8-6-13(12-24)7-9-14/h3-9,11,29-30H,2,10H2,1H3,(H2,25,26,27,28). The number of aliphatic hydroxyl groups is 2. The third kappa shape index (κ3) is 5.59. The lowest BCUT2D eigenvalue weighted by atomic mass is 10.1. The van der Waals surface area contributed by atoms with E-state index in [9.17, 15) is 10.2 Å². The zero-order valence-electron chi connectivity index (χ0n) is 16.0. The van der Waals surface area contributed by atoms with Crippen LogP contribution in [0.15, 0.2) is 48.5 Å². The second-order valence-electron chi connectivity index (χ2n) is 6.55. The number of benzene rings is 2. The van der Waals surface area contributed by atoms with E-state index in [-0.39, 0.29) is 18.2 Å². The highest BCUT2D eigenvalue weighted by molar-refractivity contribution is 6.36. The Labute approximate surface area is 183 Å². The fourth-order valence-electron chi connectivity index (χ4n) is 2.64. The van der Waals surface area contributed by atoms with Crippen LogP contribution in [0, 0.1) is 11.3 Å². The Morgan fingerprint density at radius 2 is 1.73 bits per heavy atom. The predicted molar refractivity (Wildman–Crippen MR) is 117 cm³/mol. The van der Waals surface area contributed by atoms with Crippen molar-refractivity contribution in [3.8, 4) is 6.07 Å². The SMILES string of the molecule is CCC(O)(O)Nc1cc(Cc2c(Cl)cccc2Cl)nc(Nc2ccc(C#N)cc2)n1. The van der Waals surface area contributed by atoms with Gasteiger partial charge < -0.3 is 20.8 Å². The highest BCUT2D eigenvalue weighted by Gasteiger charge is 2.21. The molecule has 3 rings (SSSR count). The zero-order chi connectivity index (χ0) is 21.7. The van der Waals surface area contributed by atoms with Crippen LogP contribution in [0.1, 0.15) is 30.2 Å². The molecule has 9 heteroatoms. The van der Waals surface area contributed by atoms with Crippen molar-refractivity contribution in [3.63, 3.8) is 0 Å². The molecule has 0 aliphatic heterocycles. The second-order valence-corrected chi connectivity index (χ2v) is 7.37. The molecule has 0 spiro atoms. The average molecular weight is 444 g/mol. The summed E-state index contributed by atoms with van der Waals surface area (Å²) < 4.78 is 0. The Bertz CT molecular complexity index is 1060. The van der Waals surface area contributed by atoms with Crippen LogP contribution in [0.3, 0.4) is 0 Å². The van der Waals surface area contributed by atoms with Crippen LogP contribution in [-0.4, -0.2) is 26.1 Å². The summed E-state index contributed by atoms with van der Waals surface area (Å²) in [5.74, 6) is -1.68. The number of hydrogen-bond acceptors (Lipinski definition) is 7. The van der Waals surface area contributed by atoms with Crippen molar-refractivity contribution in [1.29, 1.82) is 5.26 Å². The number of rotatable bonds is 7. The first-order valence-electron chi connectivity index (χ1n) is 9.10. The van der Waals surface area contributed by atoms with E-state index >= 15 is 0 Å². The van der Waals surface area contributed by atoms with Gasteiger partial charge in [0, 0.05) is 34.6 Å². The van der Waals surface area contributed by atoms with Crippen LogP contribution in [0.5, 0.6) is 0 Å². The third-order valence-electron chi connectivity index (χ3n) is 4.29. The topological polar surface area (TPSA) is 114 Å². The molecule has 0 bridgehead atoms. The van der Waals surface area contributed by atoms with E-state index in [1.807, 2.05) is 0 Å². The van der Waals surface area contributed by atoms with E-state index < -0.39 is 5.91 Å². The molecule has 3 aromatic rings. The summed E-state index contributed by atoms with van der Waals surface area (Å²) in [6.07, 6.45) is 0.356. The van der Waals surface area contributed by atoms with Crippen molar-refractivity contribution in [2.24, 2.45) is 0 Å². The highest BCUT2D eigenvalue weighted by atomic mass is 35.5. The normalized spacial score (nSPS) is 11.1. The van der Waals surface area contributed by atoms with Gasteiger partial charge in [-0.15, -0.1) is 0 Å². The van der Waals surface area contributed by atoms with Crippen molar-refractivity contribution < 1.29 is 10.2 Å². The highest BCUT2D eigenvalue weighted by Crippen LogP contribution is 2.28. The molecule has 0 unspecified atom stereocenters. The molecule has 7 nitrogen and oxygen atoms in total. The minimum atomic E-state index is -2.13. The molecule has 154 valence electrons. The number of anilines is 3. The first kappa shape index (κ1) is 21.8. The van der Waals surface area contributed by atoms with Gasteiger partial charge in [-0.05, 0) is 42.0 Å². The number of nitrogens with one attached hydrogen (secondary N) is 2. The fourth-order valence-corrected chi connectivity index (χ4v) is 3.17. The Morgan fingerprint density at radius 1 is 1.07 bits per heavy atom. The number of halogens is 2. The van der Waals surface area contributed by atoms with E-state index in [2.05, 4.69) is 26.7 Å². The number of hydrogen-bond donors (Lipinski definition) is 4. The summed E-state index contributed by atoms with van der Waals surface area (Å²) in [4.78, 5) is 8.80. The lowest BCUT2D eigenvalue weighted by molar-refractivity contribution is -0.137. The van der Waals surface area contributed by atoms with E-state index in [1.165, 1.54) is 0 Å². The first-order valence-corrected chi connectivity index (χ1v) is 9.86. The molecule has 2 aromatic carbocycles. The molecular weight excluding hydrogens is 425 g/mol. The molecule has 0 aliphatic rings. The van der Waals surface area contributed by atoms with Gasteiger partial charge in [-0.1, -0.05) is 36.2 Å². The van der Waals surface area contributed by atoms with Crippen LogP contribution in [0.4, 0.5) is 17.5 Å². The molecule has 0 radical (unpaired) electrons. The molecule has 0 saturated heterocycles. The summed E-state index contributed by atoms with van der Waals surface area (Å²) in [6.45, 7) is 1.62. The first-order chi connectivity index (χ1) is 14.3. The van der Waals surface area contributed by atoms with Gasteiger partial charge in [0.15, 0.2) is 0 Å². The average Bonchev–Trinajstić information content (AvgIpc) is 2.71. The van der Waals surface area contributed by atoms with Crippen molar-refractivity contribution in [3.05, 3.63) is 75.4 Å². The maximum Gasteiger partial charge on any atom is 0.245 e. The quantitative estimate of drug-likeness (QED) is 0.398. The van der Waals surface area contributed by atoms with Crippen molar-refractivity contribution in [2.45, 2.75) is 25.7 Å². The van der Waals surface area contributed by atoms with Crippen LogP contribution in [0.2, 0.25) is 10.0 Å². The van der Waals surface area contributed by atoms with Gasteiger partial charge in [-0.25, -0.2) is 4.98 Å². The van der Waals surface area contributed by atoms with Gasteiger partial charge in [0.1, 0.15) is 5.82 Å². The van der Waals surface area contributed by atoms with Gasteiger partial charge in [0.25, 0.3) is 0 Å². The number of aromatic nitrogens is 2. The summed E-state index contributed by atoms with van der Waals surface area (Å²) in [7, 11) is 0. The minimum Gasteiger partial charge on any atom is -0.349 e. The van der Waals surface area contributed by atoms with Gasteiger partial charge in [-0.2, -0.15) is 10.2 Å². The number of nitriles is 1. The molecule has 30 heavy (non-hydrogen) atoms. The monoisotopic (exact) mass is 443 g/mol. The van der Waals surface area contributed by atoms with Gasteiger partial charge in [-0.3, -0.25) is 0 Å². The summed E-state index contributed by atoms with van der Waals surface area (Å²) in [5.41, 5.74) is 2.46. The third-order valence-corrected chi connectivity index (χ3v) is 5.00. The molecule has 1 aromatic heterocycles. The van der Waals surface area contributed by atoms with Gasteiger partial charge >= 0.3 is 0 Å². The largest absolute Gasteiger partial charge is 0.349 e. The minimum absolute atomic E-state index is 0.0427. The van der Waals surface area contributed by atoms with Crippen LogP contribution in [0.25, 0.3) is 0 Å². The Morgan fingerprint density at radius 3 is 2.33 bits per heavy atom. The van der Waals surface area contributed by atoms with Gasteiger partial charge in [0.05, 0.1) is 17.3 Å². The fraction of sp³-hybridized carbons (Fsp3) is 0.190. The summed E-state index contributed by atoms with van der Waals surface area (Å²) >= 11 is 12.6. The Balaban J connectivity index is 1.96. The molecular formula is C21H19Cl2N5O2. The van der Waals surface area contributed by atoms with Gasteiger partial charge in [0.2, 0.25) is 11.9 Å². The van der Waals surface area contributed by atoms with E-state index in [4.69, 9.17) is 28.5 Å². The maximum atomic E-state index is 9.97. The predicted octanol–water partition coefficient (Wildman–Crippen LogP) is 4.45. The smallest absolute Gasteiger partial charge is 0.245 e. The van der Waals surface area contributed by atoms with Crippen LogP contribution in [-0.2, 0) is 6.42 Å². The maximum absolute atomic E-state index is 9.97. The molecule has 0 aliphatic carbocycles. The van der Waals surface area contributed by atoms with Crippen molar-refractivity contribution in [2.75, 3.05) is 10.6 Å². The van der Waals surface area contributed by atoms with Crippen molar-refractivity contribution in [1.82, 2.24) is 9.97 Å². The molecule has 1 heterocycles.